The van der Waals surface area contributed by atoms with E-state index >= 15 is 0 Å². The van der Waals surface area contributed by atoms with E-state index in [9.17, 15) is 0 Å². The highest BCUT2D eigenvalue weighted by molar-refractivity contribution is 7.32. The van der Waals surface area contributed by atoms with Crippen molar-refractivity contribution in [1.82, 2.24) is 8.96 Å². The van der Waals surface area contributed by atoms with Crippen molar-refractivity contribution in [2.75, 3.05) is 9.80 Å². The van der Waals surface area contributed by atoms with Crippen molar-refractivity contribution >= 4 is 167 Å². The van der Waals surface area contributed by atoms with Crippen LogP contribution in [0.1, 0.15) is 207 Å². The second-order valence-corrected chi connectivity index (χ2v) is 45.1. The molecule has 4 aromatic heterocycles. The fourth-order valence-electron chi connectivity index (χ4n) is 25.5. The Morgan fingerprint density at radius 2 is 0.750 bits per heavy atom. The molecule has 8 heterocycles. The highest BCUT2D eigenvalue weighted by atomic mass is 32.1. The minimum absolute atomic E-state index is 0.00191. The molecule has 0 N–H and O–H groups in total. The van der Waals surface area contributed by atoms with Gasteiger partial charge < -0.3 is 23.2 Å². The first-order chi connectivity index (χ1) is 59.4. The predicted molar refractivity (Wildman–Crippen MR) is 531 cm³/mol. The van der Waals surface area contributed by atoms with Gasteiger partial charge in [0, 0.05) is 103 Å². The van der Waals surface area contributed by atoms with Crippen LogP contribution < -0.4 is 31.2 Å². The SMILES string of the molecule is CC1(C)CCC(C)(C)c2cc(N3c4cc(-c5ccccc5)cc5c4B(c4oc6cc7c(cc6c43)C(C)(C)CCC7(C)C)n3c4c-5cccc4c4ccc5cc(-c6ccc(-c7cc8c9c(c7)N(c7ccc%10c(c7)C(C)(C)CCC%10(C)C)c7c(sc%10cc%11c(cc7%10)C(C)(C)CCC%11(C)C)B9n7c9ccc%10ccccc%10c9c9cccc-8c97)cc6)ccc5c43)ccc21. The molecule has 18 aromatic rings. The molecule has 4 aliphatic carbocycles. The molecule has 124 heavy (non-hydrogen) atoms. The summed E-state index contributed by atoms with van der Waals surface area (Å²) in [6.07, 6.45) is 9.18. The number of aromatic nitrogens is 2. The van der Waals surface area contributed by atoms with Gasteiger partial charge in [0.2, 0.25) is 0 Å². The summed E-state index contributed by atoms with van der Waals surface area (Å²) in [7, 11) is 0. The average molecular weight is 1620 g/mol. The van der Waals surface area contributed by atoms with Gasteiger partial charge in [-0.15, -0.1) is 11.3 Å². The van der Waals surface area contributed by atoms with E-state index in [0.29, 0.717) is 0 Å². The molecule has 0 unspecified atom stereocenters. The lowest BCUT2D eigenvalue weighted by Gasteiger charge is -2.44. The van der Waals surface area contributed by atoms with E-state index in [-0.39, 0.29) is 57.0 Å². The maximum Gasteiger partial charge on any atom is 0.376 e. The second-order valence-electron chi connectivity index (χ2n) is 44.0. The van der Waals surface area contributed by atoms with Gasteiger partial charge in [-0.05, 0) is 296 Å². The Morgan fingerprint density at radius 3 is 1.35 bits per heavy atom. The van der Waals surface area contributed by atoms with Gasteiger partial charge in [0.1, 0.15) is 11.2 Å². The first-order valence-corrected chi connectivity index (χ1v) is 46.8. The summed E-state index contributed by atoms with van der Waals surface area (Å²) in [5.41, 5.74) is 41.4. The Kier molecular flexibility index (Phi) is 14.5. The third-order valence-electron chi connectivity index (χ3n) is 33.1. The van der Waals surface area contributed by atoms with Gasteiger partial charge in [-0.2, -0.15) is 0 Å². The number of furan rings is 1. The predicted octanol–water partition coefficient (Wildman–Crippen LogP) is 29.4. The summed E-state index contributed by atoms with van der Waals surface area (Å²) in [5.74, 6) is 0. The average Bonchev–Trinajstić information content (AvgIpc) is 1.49. The maximum atomic E-state index is 7.96. The van der Waals surface area contributed by atoms with E-state index in [1.165, 1.54) is 238 Å². The van der Waals surface area contributed by atoms with Crippen LogP contribution in [0, 0.1) is 0 Å². The smallest absolute Gasteiger partial charge is 0.376 e. The standard InChI is InChI=1S/C116H104B2N4OS/c1-109(2)46-48-111(5,6)88-59-73(39-43-86(88)109)119-95-57-71(65-24-18-17-19-25-65)55-82-78-29-22-28-77-80-42-37-70-54-69(36-41-76(70)102(80)122(103(77)78)117(100(82)95)107-105(119)84-61-90-92(63-97(84)123-107)115(13,14)52-50-113(90,9)10)66-32-34-67(35-33-66)72-56-83-79-30-23-31-81-99-75-27-21-20-26-68(75)38-45-94(99)121(104(79)81)118-101(83)96(58-72)120(74-40-44-87-89(60-74)112(7,8)49-47-110(87,3)4)106-85-62-91-93(64-98(85)124-108(106)118)116(15,16)53-51-114(91,11)12/h17-45,54-64H,46-53H2,1-16H3. The van der Waals surface area contributed by atoms with Gasteiger partial charge in [-0.3, -0.25) is 0 Å². The number of para-hydroxylation sites is 2. The van der Waals surface area contributed by atoms with Crippen LogP contribution in [0.4, 0.5) is 34.1 Å². The van der Waals surface area contributed by atoms with Crippen LogP contribution in [0.25, 0.3) is 142 Å². The van der Waals surface area contributed by atoms with Crippen molar-refractivity contribution in [2.45, 2.75) is 205 Å². The van der Waals surface area contributed by atoms with Gasteiger partial charge in [0.05, 0.1) is 11.4 Å². The zero-order valence-corrected chi connectivity index (χ0v) is 75.3. The minimum Gasteiger partial charge on any atom is -0.466 e. The molecule has 0 atom stereocenters. The van der Waals surface area contributed by atoms with Crippen LogP contribution >= 0.6 is 11.3 Å². The molecule has 5 nitrogen and oxygen atoms in total. The monoisotopic (exact) mass is 1620 g/mol. The molecule has 0 saturated carbocycles. The number of fused-ring (bicyclic) bond motifs is 26. The lowest BCUT2D eigenvalue weighted by Crippen LogP contribution is -2.56. The Hall–Kier alpha value is -11.6. The third-order valence-corrected chi connectivity index (χ3v) is 34.3. The number of benzene rings is 14. The van der Waals surface area contributed by atoms with Crippen LogP contribution in [-0.4, -0.2) is 22.7 Å². The van der Waals surface area contributed by atoms with Gasteiger partial charge in [0.25, 0.3) is 0 Å². The highest BCUT2D eigenvalue weighted by Crippen LogP contribution is 2.60. The number of nitrogens with zero attached hydrogens (tertiary/aromatic N) is 4. The Morgan fingerprint density at radius 1 is 0.290 bits per heavy atom. The van der Waals surface area contributed by atoms with Crippen LogP contribution in [0.15, 0.2) is 247 Å². The topological polar surface area (TPSA) is 29.5 Å². The molecule has 0 bridgehead atoms. The lowest BCUT2D eigenvalue weighted by atomic mass is 9.47. The first-order valence-electron chi connectivity index (χ1n) is 46.0. The first kappa shape index (κ1) is 73.9. The van der Waals surface area contributed by atoms with Crippen molar-refractivity contribution in [3.63, 3.8) is 0 Å². The van der Waals surface area contributed by atoms with Crippen molar-refractivity contribution in [3.8, 4) is 55.6 Å². The number of anilines is 6. The summed E-state index contributed by atoms with van der Waals surface area (Å²) < 4.78 is 16.3. The number of thiophene rings is 1. The van der Waals surface area contributed by atoms with Crippen molar-refractivity contribution in [2.24, 2.45) is 0 Å². The summed E-state index contributed by atoms with van der Waals surface area (Å²) in [4.78, 5) is 5.44. The van der Waals surface area contributed by atoms with Crippen LogP contribution in [0.2, 0.25) is 0 Å². The lowest BCUT2D eigenvalue weighted by molar-refractivity contribution is 0.332. The third kappa shape index (κ3) is 9.85. The normalized spacial score (nSPS) is 18.7. The maximum absolute atomic E-state index is 7.96. The molecule has 4 aliphatic heterocycles. The van der Waals surface area contributed by atoms with E-state index in [1.54, 1.807) is 0 Å². The van der Waals surface area contributed by atoms with E-state index in [2.05, 4.69) is 384 Å². The molecule has 8 aliphatic rings. The van der Waals surface area contributed by atoms with Crippen LogP contribution in [-0.2, 0) is 43.3 Å². The van der Waals surface area contributed by atoms with Crippen LogP contribution in [0.3, 0.4) is 0 Å². The quantitative estimate of drug-likeness (QED) is 0.161. The largest absolute Gasteiger partial charge is 0.466 e. The molecule has 26 rings (SSSR count). The molecule has 0 spiro atoms. The van der Waals surface area contributed by atoms with E-state index < -0.39 is 0 Å². The Bertz CT molecular complexity index is 7900. The Balaban J connectivity index is 0.671. The summed E-state index contributed by atoms with van der Waals surface area (Å²) in [6.45, 7) is 39.3. The summed E-state index contributed by atoms with van der Waals surface area (Å²) in [6, 6.07) is 96.9. The van der Waals surface area contributed by atoms with Crippen molar-refractivity contribution < 1.29 is 4.42 Å². The fourth-order valence-corrected chi connectivity index (χ4v) is 26.9. The summed E-state index contributed by atoms with van der Waals surface area (Å²) >= 11 is 2.06. The molecule has 606 valence electrons. The molecule has 0 saturated heterocycles. The molecular weight excluding hydrogens is 1520 g/mol. The molecular formula is C116H104B2N4OS. The molecule has 8 heteroatoms. The Labute approximate surface area is 733 Å². The van der Waals surface area contributed by atoms with E-state index in [1.807, 2.05) is 0 Å². The van der Waals surface area contributed by atoms with Crippen molar-refractivity contribution in [3.05, 3.63) is 287 Å². The molecule has 0 radical (unpaired) electrons. The van der Waals surface area contributed by atoms with Gasteiger partial charge in [-0.1, -0.05) is 269 Å². The van der Waals surface area contributed by atoms with E-state index in [4.69, 9.17) is 4.42 Å². The highest BCUT2D eigenvalue weighted by Gasteiger charge is 2.52. The fraction of sp³-hybridized carbons (Fsp3) is 0.276. The number of hydrogen-bond donors (Lipinski definition) is 0. The van der Waals surface area contributed by atoms with Gasteiger partial charge >= 0.3 is 13.7 Å². The second kappa shape index (κ2) is 24.3. The zero-order chi connectivity index (χ0) is 84.2. The van der Waals surface area contributed by atoms with Gasteiger partial charge in [0.15, 0.2) is 0 Å². The zero-order valence-electron chi connectivity index (χ0n) is 74.5. The molecule has 14 aromatic carbocycles. The summed E-state index contributed by atoms with van der Waals surface area (Å²) in [5, 5.41) is 12.8. The minimum atomic E-state index is -0.295. The number of hydrogen-bond acceptors (Lipinski definition) is 4. The van der Waals surface area contributed by atoms with Gasteiger partial charge in [-0.25, -0.2) is 0 Å². The number of rotatable bonds is 5. The molecule has 0 amide bonds. The van der Waals surface area contributed by atoms with E-state index in [0.717, 1.165) is 55.5 Å². The molecule has 0 fully saturated rings. The van der Waals surface area contributed by atoms with Crippen molar-refractivity contribution in [1.29, 1.82) is 0 Å². The van der Waals surface area contributed by atoms with Crippen LogP contribution in [0.5, 0.6) is 0 Å².